The van der Waals surface area contributed by atoms with Crippen LogP contribution in [0.5, 0.6) is 0 Å². The third kappa shape index (κ3) is 5.80. The summed E-state index contributed by atoms with van der Waals surface area (Å²) >= 11 is 0. The number of amides is 1. The van der Waals surface area contributed by atoms with Gasteiger partial charge in [-0.25, -0.2) is 9.78 Å². The second-order valence-corrected chi connectivity index (χ2v) is 8.35. The molecule has 0 radical (unpaired) electrons. The van der Waals surface area contributed by atoms with Gasteiger partial charge >= 0.3 is 18.0 Å². The third-order valence-corrected chi connectivity index (χ3v) is 5.93. The van der Waals surface area contributed by atoms with Crippen molar-refractivity contribution in [2.45, 2.75) is 38.0 Å². The molecular formula is C27H27N3O6. The van der Waals surface area contributed by atoms with Gasteiger partial charge in [0.25, 0.3) is 0 Å². The van der Waals surface area contributed by atoms with E-state index in [1.807, 2.05) is 24.3 Å². The lowest BCUT2D eigenvalue weighted by atomic mass is 9.98. The van der Waals surface area contributed by atoms with Crippen LogP contribution < -0.4 is 5.32 Å². The number of carboxylic acid groups (broad SMARTS) is 1. The molecular weight excluding hydrogens is 462 g/mol. The van der Waals surface area contributed by atoms with Gasteiger partial charge < -0.3 is 19.9 Å². The highest BCUT2D eigenvalue weighted by molar-refractivity contribution is 5.79. The smallest absolute Gasteiger partial charge is 0.407 e. The summed E-state index contributed by atoms with van der Waals surface area (Å²) in [6, 6.07) is 16.2. The van der Waals surface area contributed by atoms with Crippen molar-refractivity contribution in [1.82, 2.24) is 14.9 Å². The molecule has 1 unspecified atom stereocenters. The molecule has 9 nitrogen and oxygen atoms in total. The number of esters is 1. The third-order valence-electron chi connectivity index (χ3n) is 5.93. The number of fused-ring (bicyclic) bond motifs is 3. The minimum absolute atomic E-state index is 0.0124. The van der Waals surface area contributed by atoms with Crippen molar-refractivity contribution < 1.29 is 29.0 Å². The molecule has 3 aromatic rings. The number of carbonyl (C=O) groups is 3. The Morgan fingerprint density at radius 2 is 1.75 bits per heavy atom. The average Bonchev–Trinajstić information content (AvgIpc) is 3.47. The predicted molar refractivity (Wildman–Crippen MR) is 131 cm³/mol. The number of ether oxygens (including phenoxy) is 2. The number of carbonyl (C=O) groups excluding carboxylic acids is 2. The maximum Gasteiger partial charge on any atom is 0.407 e. The molecule has 186 valence electrons. The van der Waals surface area contributed by atoms with Gasteiger partial charge in [-0.1, -0.05) is 55.1 Å². The van der Waals surface area contributed by atoms with Gasteiger partial charge in [-0.05, 0) is 34.8 Å². The molecule has 0 aliphatic heterocycles. The van der Waals surface area contributed by atoms with Crippen molar-refractivity contribution in [3.63, 3.8) is 0 Å². The van der Waals surface area contributed by atoms with E-state index in [2.05, 4.69) is 41.1 Å². The fraction of sp³-hybridized carbons (Fsp3) is 0.259. The van der Waals surface area contributed by atoms with E-state index in [0.29, 0.717) is 5.69 Å². The van der Waals surface area contributed by atoms with Crippen LogP contribution in [-0.4, -0.2) is 39.3 Å². The van der Waals surface area contributed by atoms with Crippen molar-refractivity contribution in [1.29, 1.82) is 0 Å². The van der Waals surface area contributed by atoms with E-state index in [1.54, 1.807) is 6.20 Å². The lowest BCUT2D eigenvalue weighted by Gasteiger charge is -2.15. The molecule has 9 heteroatoms. The van der Waals surface area contributed by atoms with Gasteiger partial charge in [0.1, 0.15) is 6.61 Å². The number of alkyl carbamates (subject to hydrolysis) is 1. The SMILES string of the molecule is C=CC(OC(=O)CCCC(=O)O)n1cnc(CNC(=O)OCC2c3ccccc3-c3ccccc32)c1. The standard InChI is InChI=1S/C27H27N3O6/c1-2-24(36-26(33)13-7-12-25(31)32)30-15-18(29-17-30)14-28-27(34)35-16-23-21-10-5-3-8-19(21)20-9-4-6-11-22(20)23/h2-6,8-11,15,17,23-24H,1,7,12-14,16H2,(H,28,34)(H,31,32). The average molecular weight is 490 g/mol. The van der Waals surface area contributed by atoms with Gasteiger partial charge in [-0.15, -0.1) is 0 Å². The highest BCUT2D eigenvalue weighted by Crippen LogP contribution is 2.44. The second-order valence-electron chi connectivity index (χ2n) is 8.35. The van der Waals surface area contributed by atoms with Crippen LogP contribution in [0.15, 0.2) is 73.7 Å². The Balaban J connectivity index is 1.27. The first-order valence-electron chi connectivity index (χ1n) is 11.6. The zero-order chi connectivity index (χ0) is 25.5. The van der Waals surface area contributed by atoms with Crippen LogP contribution in [0.25, 0.3) is 11.1 Å². The Morgan fingerprint density at radius 1 is 1.08 bits per heavy atom. The molecule has 1 aromatic heterocycles. The topological polar surface area (TPSA) is 120 Å². The molecule has 1 heterocycles. The Labute approximate surface area is 208 Å². The highest BCUT2D eigenvalue weighted by atomic mass is 16.6. The second kappa shape index (κ2) is 11.4. The maximum atomic E-state index is 12.4. The number of imidazole rings is 1. The van der Waals surface area contributed by atoms with E-state index in [4.69, 9.17) is 14.6 Å². The summed E-state index contributed by atoms with van der Waals surface area (Å²) in [7, 11) is 0. The van der Waals surface area contributed by atoms with Crippen LogP contribution >= 0.6 is 0 Å². The Kier molecular flexibility index (Phi) is 7.79. The molecule has 0 saturated carbocycles. The number of carboxylic acids is 1. The summed E-state index contributed by atoms with van der Waals surface area (Å²) in [6.07, 6.45) is 3.24. The zero-order valence-corrected chi connectivity index (χ0v) is 19.6. The van der Waals surface area contributed by atoms with E-state index in [0.717, 1.165) is 22.3 Å². The molecule has 1 aliphatic rings. The minimum Gasteiger partial charge on any atom is -0.481 e. The molecule has 1 amide bonds. The van der Waals surface area contributed by atoms with Crippen molar-refractivity contribution in [3.05, 3.63) is 90.5 Å². The Hall–Kier alpha value is -4.40. The number of nitrogens with one attached hydrogen (secondary N) is 1. The largest absolute Gasteiger partial charge is 0.481 e. The van der Waals surface area contributed by atoms with Crippen LogP contribution in [0.3, 0.4) is 0 Å². The quantitative estimate of drug-likeness (QED) is 0.302. The molecule has 36 heavy (non-hydrogen) atoms. The summed E-state index contributed by atoms with van der Waals surface area (Å²) in [5.74, 6) is -1.53. The van der Waals surface area contributed by atoms with Crippen molar-refractivity contribution in [3.8, 4) is 11.1 Å². The van der Waals surface area contributed by atoms with Gasteiger partial charge in [-0.2, -0.15) is 0 Å². The number of hydrogen-bond acceptors (Lipinski definition) is 6. The van der Waals surface area contributed by atoms with Gasteiger partial charge in [0.05, 0.1) is 18.6 Å². The van der Waals surface area contributed by atoms with Crippen LogP contribution in [0.4, 0.5) is 4.79 Å². The molecule has 2 aromatic carbocycles. The highest BCUT2D eigenvalue weighted by Gasteiger charge is 2.29. The van der Waals surface area contributed by atoms with Gasteiger partial charge in [-0.3, -0.25) is 14.2 Å². The molecule has 2 N–H and O–H groups in total. The molecule has 1 atom stereocenters. The van der Waals surface area contributed by atoms with E-state index in [9.17, 15) is 14.4 Å². The number of hydrogen-bond donors (Lipinski definition) is 2. The zero-order valence-electron chi connectivity index (χ0n) is 19.6. The Morgan fingerprint density at radius 3 is 2.39 bits per heavy atom. The first-order valence-corrected chi connectivity index (χ1v) is 11.6. The first-order chi connectivity index (χ1) is 17.5. The minimum atomic E-state index is -0.966. The van der Waals surface area contributed by atoms with Crippen LogP contribution in [0, 0.1) is 0 Å². The van der Waals surface area contributed by atoms with Crippen molar-refractivity contribution in [2.75, 3.05) is 6.61 Å². The molecule has 0 saturated heterocycles. The molecule has 0 fully saturated rings. The summed E-state index contributed by atoms with van der Waals surface area (Å²) in [5.41, 5.74) is 5.13. The molecule has 0 spiro atoms. The van der Waals surface area contributed by atoms with Gasteiger partial charge in [0, 0.05) is 25.0 Å². The monoisotopic (exact) mass is 489 g/mol. The first kappa shape index (κ1) is 24.7. The summed E-state index contributed by atoms with van der Waals surface area (Å²) in [5, 5.41) is 11.4. The lowest BCUT2D eigenvalue weighted by molar-refractivity contribution is -0.150. The van der Waals surface area contributed by atoms with E-state index >= 15 is 0 Å². The number of benzene rings is 2. The predicted octanol–water partition coefficient (Wildman–Crippen LogP) is 4.40. The fourth-order valence-corrected chi connectivity index (χ4v) is 4.23. The Bertz CT molecular complexity index is 1220. The summed E-state index contributed by atoms with van der Waals surface area (Å²) in [4.78, 5) is 39.1. The van der Waals surface area contributed by atoms with Crippen molar-refractivity contribution in [2.24, 2.45) is 0 Å². The van der Waals surface area contributed by atoms with E-state index in [1.165, 1.54) is 17.0 Å². The van der Waals surface area contributed by atoms with Crippen LogP contribution in [0.2, 0.25) is 0 Å². The van der Waals surface area contributed by atoms with Crippen LogP contribution in [-0.2, 0) is 25.6 Å². The number of nitrogens with zero attached hydrogens (tertiary/aromatic N) is 2. The number of aromatic nitrogens is 2. The van der Waals surface area contributed by atoms with Gasteiger partial charge in [0.2, 0.25) is 0 Å². The number of rotatable bonds is 11. The maximum absolute atomic E-state index is 12.4. The normalized spacial score (nSPS) is 12.8. The lowest BCUT2D eigenvalue weighted by Crippen LogP contribution is -2.25. The van der Waals surface area contributed by atoms with E-state index < -0.39 is 24.3 Å². The molecule has 4 rings (SSSR count). The van der Waals surface area contributed by atoms with E-state index in [-0.39, 0.29) is 38.3 Å². The fourth-order valence-electron chi connectivity index (χ4n) is 4.23. The van der Waals surface area contributed by atoms with Gasteiger partial charge in [0.15, 0.2) is 6.23 Å². The molecule has 0 bridgehead atoms. The van der Waals surface area contributed by atoms with Crippen LogP contribution in [0.1, 0.15) is 48.2 Å². The summed E-state index contributed by atoms with van der Waals surface area (Å²) in [6.45, 7) is 4.00. The molecule has 1 aliphatic carbocycles. The number of aliphatic carboxylic acids is 1. The van der Waals surface area contributed by atoms with Crippen molar-refractivity contribution >= 4 is 18.0 Å². The summed E-state index contributed by atoms with van der Waals surface area (Å²) < 4.78 is 12.4.